The second-order valence-electron chi connectivity index (χ2n) is 9.01. The minimum atomic E-state index is -0.746. The van der Waals surface area contributed by atoms with Gasteiger partial charge in [0.05, 0.1) is 16.7 Å². The summed E-state index contributed by atoms with van der Waals surface area (Å²) in [6.45, 7) is -0.393. The molecule has 0 aromatic heterocycles. The first-order valence-electron chi connectivity index (χ1n) is 9.84. The van der Waals surface area contributed by atoms with E-state index in [1.807, 2.05) is 0 Å². The van der Waals surface area contributed by atoms with E-state index < -0.39 is 11.0 Å². The molecular formula is C21H23NO6. The van der Waals surface area contributed by atoms with Gasteiger partial charge in [0.15, 0.2) is 19.0 Å². The Morgan fingerprint density at radius 1 is 1.21 bits per heavy atom. The molecule has 4 bridgehead atoms. The number of ketones is 1. The summed E-state index contributed by atoms with van der Waals surface area (Å²) in [5.41, 5.74) is -0.598. The number of rotatable bonds is 4. The van der Waals surface area contributed by atoms with Crippen molar-refractivity contribution in [3.05, 3.63) is 23.8 Å². The molecule has 6 rings (SSSR count). The number of nitrogens with one attached hydrogen (secondary N) is 1. The van der Waals surface area contributed by atoms with Crippen molar-refractivity contribution in [1.29, 1.82) is 0 Å². The summed E-state index contributed by atoms with van der Waals surface area (Å²) < 4.78 is 10.7. The van der Waals surface area contributed by atoms with Crippen LogP contribution in [0.25, 0.3) is 0 Å². The van der Waals surface area contributed by atoms with E-state index in [1.165, 1.54) is 6.07 Å². The van der Waals surface area contributed by atoms with Crippen LogP contribution in [-0.4, -0.2) is 41.6 Å². The topological polar surface area (TPSA) is 102 Å². The van der Waals surface area contributed by atoms with Crippen molar-refractivity contribution in [2.24, 2.45) is 17.3 Å². The summed E-state index contributed by atoms with van der Waals surface area (Å²) in [5, 5.41) is 13.4. The Labute approximate surface area is 162 Å². The van der Waals surface area contributed by atoms with Crippen molar-refractivity contribution in [3.63, 3.8) is 0 Å². The molecule has 148 valence electrons. The molecule has 1 aliphatic heterocycles. The predicted molar refractivity (Wildman–Crippen MR) is 97.9 cm³/mol. The summed E-state index contributed by atoms with van der Waals surface area (Å²) in [6, 6.07) is 4.76. The summed E-state index contributed by atoms with van der Waals surface area (Å²) in [7, 11) is 0. The van der Waals surface area contributed by atoms with Gasteiger partial charge in [-0.2, -0.15) is 0 Å². The van der Waals surface area contributed by atoms with E-state index in [9.17, 15) is 19.5 Å². The van der Waals surface area contributed by atoms with Gasteiger partial charge in [0.25, 0.3) is 5.91 Å². The lowest BCUT2D eigenvalue weighted by atomic mass is 9.48. The number of carbonyl (C=O) groups is 3. The van der Waals surface area contributed by atoms with Gasteiger partial charge in [-0.3, -0.25) is 14.4 Å². The standard InChI is InChI=1S/C21H23NO6/c23-16(14-1-2-17-15(4-14)22-18(24)10-27-17)9-28-19(25)20-5-12-3-13(6-20)8-21(26,7-12)11-20/h1-2,4,12-13,26H,3,5-11H2,(H,22,24)/t12-,13+,20?,21?. The highest BCUT2D eigenvalue weighted by molar-refractivity contribution is 6.01. The fraction of sp³-hybridized carbons (Fsp3) is 0.571. The number of Topliss-reactive ketones (excluding diaryl/α,β-unsaturated/α-hetero) is 1. The van der Waals surface area contributed by atoms with Gasteiger partial charge in [-0.15, -0.1) is 0 Å². The normalized spacial score (nSPS) is 35.0. The van der Waals surface area contributed by atoms with Crippen molar-refractivity contribution < 1.29 is 29.0 Å². The Balaban J connectivity index is 1.27. The lowest BCUT2D eigenvalue weighted by molar-refractivity contribution is -0.195. The van der Waals surface area contributed by atoms with E-state index in [0.29, 0.717) is 35.3 Å². The zero-order valence-electron chi connectivity index (χ0n) is 15.5. The van der Waals surface area contributed by atoms with Gasteiger partial charge in [-0.05, 0) is 68.6 Å². The van der Waals surface area contributed by atoms with E-state index in [1.54, 1.807) is 12.1 Å². The Morgan fingerprint density at radius 3 is 2.68 bits per heavy atom. The van der Waals surface area contributed by atoms with Crippen LogP contribution in [0, 0.1) is 17.3 Å². The summed E-state index contributed by atoms with van der Waals surface area (Å²) in [5.74, 6) is 0.290. The molecule has 5 aliphatic rings. The number of fused-ring (bicyclic) bond motifs is 1. The summed E-state index contributed by atoms with van der Waals surface area (Å²) in [6.07, 6.45) is 4.59. The van der Waals surface area contributed by atoms with Crippen molar-refractivity contribution in [2.75, 3.05) is 18.5 Å². The Kier molecular flexibility index (Phi) is 3.81. The van der Waals surface area contributed by atoms with Gasteiger partial charge in [0.1, 0.15) is 5.75 Å². The zero-order chi connectivity index (χ0) is 19.5. The highest BCUT2D eigenvalue weighted by atomic mass is 16.5. The van der Waals surface area contributed by atoms with E-state index in [0.717, 1.165) is 32.1 Å². The average molecular weight is 385 g/mol. The average Bonchev–Trinajstić information content (AvgIpc) is 2.63. The molecular weight excluding hydrogens is 362 g/mol. The Hall–Kier alpha value is -2.41. The molecule has 4 aliphatic carbocycles. The largest absolute Gasteiger partial charge is 0.482 e. The fourth-order valence-corrected chi connectivity index (χ4v) is 6.08. The molecule has 1 heterocycles. The molecule has 7 nitrogen and oxygen atoms in total. The maximum absolute atomic E-state index is 12.9. The molecule has 0 saturated heterocycles. The molecule has 1 aromatic rings. The van der Waals surface area contributed by atoms with Gasteiger partial charge in [-0.25, -0.2) is 0 Å². The van der Waals surface area contributed by atoms with Crippen LogP contribution in [-0.2, 0) is 14.3 Å². The van der Waals surface area contributed by atoms with Crippen LogP contribution in [0.1, 0.15) is 48.9 Å². The van der Waals surface area contributed by atoms with Crippen LogP contribution < -0.4 is 10.1 Å². The number of aliphatic hydroxyl groups is 1. The number of esters is 1. The van der Waals surface area contributed by atoms with Crippen molar-refractivity contribution in [3.8, 4) is 5.75 Å². The van der Waals surface area contributed by atoms with Crippen molar-refractivity contribution in [2.45, 2.75) is 44.1 Å². The lowest BCUT2D eigenvalue weighted by Crippen LogP contribution is -2.58. The van der Waals surface area contributed by atoms with E-state index in [4.69, 9.17) is 9.47 Å². The first-order chi connectivity index (χ1) is 13.3. The van der Waals surface area contributed by atoms with Crippen LogP contribution >= 0.6 is 0 Å². The van der Waals surface area contributed by atoms with Crippen LogP contribution in [0.3, 0.4) is 0 Å². The molecule has 0 radical (unpaired) electrons. The van der Waals surface area contributed by atoms with Gasteiger partial charge >= 0.3 is 5.97 Å². The maximum Gasteiger partial charge on any atom is 0.312 e. The number of ether oxygens (including phenoxy) is 2. The quantitative estimate of drug-likeness (QED) is 0.608. The SMILES string of the molecule is O=C1COc2ccc(C(=O)COC(=O)C34C[C@@H]5C[C@@H](CC(O)(C5)C3)C4)cc2N1. The third kappa shape index (κ3) is 2.89. The van der Waals surface area contributed by atoms with Crippen LogP contribution in [0.4, 0.5) is 5.69 Å². The highest BCUT2D eigenvalue weighted by Gasteiger charge is 2.60. The maximum atomic E-state index is 12.9. The molecule has 1 amide bonds. The van der Waals surface area contributed by atoms with E-state index >= 15 is 0 Å². The molecule has 2 unspecified atom stereocenters. The smallest absolute Gasteiger partial charge is 0.312 e. The van der Waals surface area contributed by atoms with Gasteiger partial charge in [-0.1, -0.05) is 0 Å². The Morgan fingerprint density at radius 2 is 1.96 bits per heavy atom. The third-order valence-electron chi connectivity index (χ3n) is 6.73. The number of hydrogen-bond donors (Lipinski definition) is 2. The predicted octanol–water partition coefficient (Wildman–Crippen LogP) is 2.07. The first-order valence-corrected chi connectivity index (χ1v) is 9.84. The first kappa shape index (κ1) is 17.7. The van der Waals surface area contributed by atoms with Crippen LogP contribution in [0.2, 0.25) is 0 Å². The number of carbonyl (C=O) groups excluding carboxylic acids is 3. The number of anilines is 1. The highest BCUT2D eigenvalue weighted by Crippen LogP contribution is 2.61. The monoisotopic (exact) mass is 385 g/mol. The second kappa shape index (κ2) is 6.04. The number of amides is 1. The molecule has 4 atom stereocenters. The Bertz CT molecular complexity index is 864. The molecule has 28 heavy (non-hydrogen) atoms. The van der Waals surface area contributed by atoms with Gasteiger partial charge < -0.3 is 19.9 Å². The molecule has 7 heteroatoms. The molecule has 4 saturated carbocycles. The minimum Gasteiger partial charge on any atom is -0.482 e. The zero-order valence-corrected chi connectivity index (χ0v) is 15.5. The van der Waals surface area contributed by atoms with Crippen molar-refractivity contribution >= 4 is 23.3 Å². The van der Waals surface area contributed by atoms with E-state index in [-0.39, 0.29) is 30.9 Å². The summed E-state index contributed by atoms with van der Waals surface area (Å²) in [4.78, 5) is 36.9. The molecule has 1 aromatic carbocycles. The molecule has 2 N–H and O–H groups in total. The van der Waals surface area contributed by atoms with Gasteiger partial charge in [0, 0.05) is 5.56 Å². The number of hydrogen-bond acceptors (Lipinski definition) is 6. The molecule has 4 fully saturated rings. The third-order valence-corrected chi connectivity index (χ3v) is 6.73. The molecule has 0 spiro atoms. The lowest BCUT2D eigenvalue weighted by Gasteiger charge is -2.58. The van der Waals surface area contributed by atoms with Crippen LogP contribution in [0.5, 0.6) is 5.75 Å². The second-order valence-corrected chi connectivity index (χ2v) is 9.01. The number of benzene rings is 1. The van der Waals surface area contributed by atoms with Gasteiger partial charge in [0.2, 0.25) is 0 Å². The summed E-state index contributed by atoms with van der Waals surface area (Å²) >= 11 is 0. The fourth-order valence-electron chi connectivity index (χ4n) is 6.08. The van der Waals surface area contributed by atoms with E-state index in [2.05, 4.69) is 5.32 Å². The minimum absolute atomic E-state index is 0.0473. The van der Waals surface area contributed by atoms with Crippen LogP contribution in [0.15, 0.2) is 18.2 Å². The van der Waals surface area contributed by atoms with Crippen molar-refractivity contribution in [1.82, 2.24) is 0 Å².